The minimum atomic E-state index is -1.55. The lowest BCUT2D eigenvalue weighted by Crippen LogP contribution is -2.30. The Bertz CT molecular complexity index is 303. The lowest BCUT2D eigenvalue weighted by molar-refractivity contribution is 0.283. The van der Waals surface area contributed by atoms with Gasteiger partial charge in [0.1, 0.15) is 6.17 Å². The van der Waals surface area contributed by atoms with Crippen molar-refractivity contribution in [1.82, 2.24) is 4.98 Å². The van der Waals surface area contributed by atoms with Crippen LogP contribution in [0, 0.1) is 5.92 Å². The normalized spacial score (nSPS) is 12.9. The first-order valence-electron chi connectivity index (χ1n) is 4.96. The van der Waals surface area contributed by atoms with Gasteiger partial charge in [0.2, 0.25) is 0 Å². The summed E-state index contributed by atoms with van der Waals surface area (Å²) in [5.41, 5.74) is 0.614. The maximum Gasteiger partial charge on any atom is 0.490 e. The lowest BCUT2D eigenvalue weighted by Gasteiger charge is -2.10. The third kappa shape index (κ3) is 3.60. The molecule has 5 heteroatoms. The standard InChI is InChI=1S/C10H15BFNO2/c1-7(2)5-9(12)10-4-3-8(6-13-10)11(14)15/h3-4,6-7,9,14-15H,5H2,1-2H3. The van der Waals surface area contributed by atoms with E-state index in [1.165, 1.54) is 18.3 Å². The molecule has 0 aliphatic heterocycles. The SMILES string of the molecule is CC(C)CC(F)c1ccc(B(O)O)cn1. The van der Waals surface area contributed by atoms with Crippen LogP contribution in [0.25, 0.3) is 0 Å². The van der Waals surface area contributed by atoms with Gasteiger partial charge in [0, 0.05) is 11.7 Å². The highest BCUT2D eigenvalue weighted by molar-refractivity contribution is 6.58. The molecule has 0 radical (unpaired) electrons. The predicted octanol–water partition coefficient (Wildman–Crippen LogP) is 0.818. The number of rotatable bonds is 4. The second-order valence-electron chi connectivity index (χ2n) is 3.99. The molecular formula is C10H15BFNO2. The molecule has 1 unspecified atom stereocenters. The number of pyridine rings is 1. The summed E-state index contributed by atoms with van der Waals surface area (Å²) >= 11 is 0. The van der Waals surface area contributed by atoms with E-state index in [-0.39, 0.29) is 11.4 Å². The Labute approximate surface area is 89.1 Å². The summed E-state index contributed by atoms with van der Waals surface area (Å²) in [5.74, 6) is 0.268. The van der Waals surface area contributed by atoms with E-state index in [4.69, 9.17) is 10.0 Å². The van der Waals surface area contributed by atoms with E-state index in [1.54, 1.807) is 0 Å². The second kappa shape index (κ2) is 5.23. The van der Waals surface area contributed by atoms with Crippen LogP contribution in [-0.4, -0.2) is 22.2 Å². The zero-order chi connectivity index (χ0) is 11.4. The van der Waals surface area contributed by atoms with Crippen LogP contribution in [0.4, 0.5) is 4.39 Å². The minimum absolute atomic E-state index is 0.268. The van der Waals surface area contributed by atoms with Gasteiger partial charge in [-0.15, -0.1) is 0 Å². The molecule has 0 fully saturated rings. The molecule has 0 bridgehead atoms. The summed E-state index contributed by atoms with van der Waals surface area (Å²) in [5, 5.41) is 17.6. The Hall–Kier alpha value is -0.935. The van der Waals surface area contributed by atoms with Gasteiger partial charge in [0.05, 0.1) is 5.69 Å². The maximum atomic E-state index is 13.5. The molecule has 0 amide bonds. The van der Waals surface area contributed by atoms with Crippen molar-refractivity contribution in [3.8, 4) is 0 Å². The van der Waals surface area contributed by atoms with E-state index >= 15 is 0 Å². The van der Waals surface area contributed by atoms with Crippen molar-refractivity contribution in [2.24, 2.45) is 5.92 Å². The number of aromatic nitrogens is 1. The molecule has 82 valence electrons. The molecule has 0 aliphatic carbocycles. The summed E-state index contributed by atoms with van der Waals surface area (Å²) < 4.78 is 13.5. The fraction of sp³-hybridized carbons (Fsp3) is 0.500. The van der Waals surface area contributed by atoms with Gasteiger partial charge in [-0.3, -0.25) is 4.98 Å². The molecule has 2 N–H and O–H groups in total. The number of hydrogen-bond acceptors (Lipinski definition) is 3. The van der Waals surface area contributed by atoms with E-state index in [0.29, 0.717) is 12.1 Å². The molecule has 0 aliphatic rings. The molecule has 0 aromatic carbocycles. The third-order valence-electron chi connectivity index (χ3n) is 2.11. The molecule has 0 saturated heterocycles. The van der Waals surface area contributed by atoms with Crippen molar-refractivity contribution < 1.29 is 14.4 Å². The average molecular weight is 211 g/mol. The first-order chi connectivity index (χ1) is 7.00. The lowest BCUT2D eigenvalue weighted by atomic mass is 9.81. The van der Waals surface area contributed by atoms with Gasteiger partial charge >= 0.3 is 7.12 Å². The molecule has 1 aromatic heterocycles. The van der Waals surface area contributed by atoms with Gasteiger partial charge in [-0.05, 0) is 18.4 Å². The summed E-state index contributed by atoms with van der Waals surface area (Å²) in [6, 6.07) is 2.96. The fourth-order valence-electron chi connectivity index (χ4n) is 1.29. The largest absolute Gasteiger partial charge is 0.490 e. The van der Waals surface area contributed by atoms with Crippen LogP contribution in [0.3, 0.4) is 0 Å². The highest BCUT2D eigenvalue weighted by atomic mass is 19.1. The Morgan fingerprint density at radius 1 is 1.40 bits per heavy atom. The van der Waals surface area contributed by atoms with Crippen molar-refractivity contribution in [2.75, 3.05) is 0 Å². The van der Waals surface area contributed by atoms with E-state index < -0.39 is 13.3 Å². The zero-order valence-electron chi connectivity index (χ0n) is 8.89. The maximum absolute atomic E-state index is 13.5. The molecular weight excluding hydrogens is 196 g/mol. The van der Waals surface area contributed by atoms with Gasteiger partial charge in [-0.1, -0.05) is 19.9 Å². The highest BCUT2D eigenvalue weighted by Gasteiger charge is 2.15. The van der Waals surface area contributed by atoms with Crippen molar-refractivity contribution >= 4 is 12.6 Å². The monoisotopic (exact) mass is 211 g/mol. The van der Waals surface area contributed by atoms with E-state index in [1.807, 2.05) is 13.8 Å². The molecule has 0 saturated carbocycles. The Morgan fingerprint density at radius 3 is 2.47 bits per heavy atom. The van der Waals surface area contributed by atoms with Crippen LogP contribution in [0.1, 0.15) is 32.1 Å². The van der Waals surface area contributed by atoms with Gasteiger partial charge < -0.3 is 10.0 Å². The van der Waals surface area contributed by atoms with Crippen molar-refractivity contribution in [1.29, 1.82) is 0 Å². The van der Waals surface area contributed by atoms with Gasteiger partial charge in [0.25, 0.3) is 0 Å². The number of halogens is 1. The van der Waals surface area contributed by atoms with E-state index in [9.17, 15) is 4.39 Å². The molecule has 15 heavy (non-hydrogen) atoms. The predicted molar refractivity (Wildman–Crippen MR) is 57.4 cm³/mol. The van der Waals surface area contributed by atoms with Gasteiger partial charge in [0.15, 0.2) is 0 Å². The second-order valence-corrected chi connectivity index (χ2v) is 3.99. The minimum Gasteiger partial charge on any atom is -0.423 e. The van der Waals surface area contributed by atoms with Crippen LogP contribution in [0.5, 0.6) is 0 Å². The zero-order valence-corrected chi connectivity index (χ0v) is 8.89. The highest BCUT2D eigenvalue weighted by Crippen LogP contribution is 2.22. The van der Waals surface area contributed by atoms with Crippen molar-refractivity contribution in [2.45, 2.75) is 26.4 Å². The summed E-state index contributed by atoms with van der Waals surface area (Å²) in [7, 11) is -1.55. The third-order valence-corrected chi connectivity index (χ3v) is 2.11. The van der Waals surface area contributed by atoms with Crippen LogP contribution in [0.15, 0.2) is 18.3 Å². The molecule has 0 spiro atoms. The van der Waals surface area contributed by atoms with E-state index in [2.05, 4.69) is 4.98 Å². The van der Waals surface area contributed by atoms with Crippen LogP contribution < -0.4 is 5.46 Å². The Balaban J connectivity index is 2.71. The first-order valence-corrected chi connectivity index (χ1v) is 4.96. The quantitative estimate of drug-likeness (QED) is 0.725. The van der Waals surface area contributed by atoms with Gasteiger partial charge in [-0.25, -0.2) is 4.39 Å². The number of nitrogens with zero attached hydrogens (tertiary/aromatic N) is 1. The van der Waals surface area contributed by atoms with Crippen LogP contribution >= 0.6 is 0 Å². The molecule has 3 nitrogen and oxygen atoms in total. The average Bonchev–Trinajstić information content (AvgIpc) is 2.17. The Morgan fingerprint density at radius 2 is 2.07 bits per heavy atom. The van der Waals surface area contributed by atoms with Crippen molar-refractivity contribution in [3.05, 3.63) is 24.0 Å². The molecule has 1 heterocycles. The number of alkyl halides is 1. The number of hydrogen-bond donors (Lipinski definition) is 2. The molecule has 1 rings (SSSR count). The summed E-state index contributed by atoms with van der Waals surface area (Å²) in [6.45, 7) is 3.89. The van der Waals surface area contributed by atoms with Gasteiger partial charge in [-0.2, -0.15) is 0 Å². The van der Waals surface area contributed by atoms with Crippen LogP contribution in [-0.2, 0) is 0 Å². The smallest absolute Gasteiger partial charge is 0.423 e. The van der Waals surface area contributed by atoms with Crippen LogP contribution in [0.2, 0.25) is 0 Å². The topological polar surface area (TPSA) is 53.4 Å². The molecule has 1 aromatic rings. The summed E-state index contributed by atoms with van der Waals surface area (Å²) in [4.78, 5) is 3.86. The Kier molecular flexibility index (Phi) is 4.23. The molecule has 1 atom stereocenters. The summed E-state index contributed by atoms with van der Waals surface area (Å²) in [6.07, 6.45) is 0.621. The van der Waals surface area contributed by atoms with E-state index in [0.717, 1.165) is 0 Å². The first kappa shape index (κ1) is 12.1. The van der Waals surface area contributed by atoms with Crippen molar-refractivity contribution in [3.63, 3.8) is 0 Å². The fourth-order valence-corrected chi connectivity index (χ4v) is 1.29.